The first-order valence-electron chi connectivity index (χ1n) is 8.64. The van der Waals surface area contributed by atoms with Crippen molar-refractivity contribution < 1.29 is 12.8 Å². The molecule has 28 heavy (non-hydrogen) atoms. The van der Waals surface area contributed by atoms with E-state index in [-0.39, 0.29) is 4.21 Å². The fraction of sp³-hybridized carbons (Fsp3) is 0.150. The maximum atomic E-state index is 12.7. The maximum absolute atomic E-state index is 12.7. The van der Waals surface area contributed by atoms with Crippen LogP contribution >= 0.6 is 22.7 Å². The molecular formula is C20H18N2O3S3. The minimum atomic E-state index is -3.74. The van der Waals surface area contributed by atoms with Gasteiger partial charge in [0, 0.05) is 22.9 Å². The third-order valence-corrected chi connectivity index (χ3v) is 7.92. The molecule has 0 aliphatic rings. The summed E-state index contributed by atoms with van der Waals surface area (Å²) in [6, 6.07) is 11.1. The second-order valence-corrected chi connectivity index (χ2v) is 9.73. The minimum Gasteiger partial charge on any atom is -0.461 e. The predicted molar refractivity (Wildman–Crippen MR) is 114 cm³/mol. The number of benzene rings is 1. The number of aryl methyl sites for hydroxylation is 1. The number of sulfonamides is 1. The molecule has 144 valence electrons. The number of hydrogen-bond donors (Lipinski definition) is 0. The zero-order valence-corrected chi connectivity index (χ0v) is 17.8. The van der Waals surface area contributed by atoms with Crippen molar-refractivity contribution in [2.45, 2.75) is 24.6 Å². The summed E-state index contributed by atoms with van der Waals surface area (Å²) in [5.41, 5.74) is 2.67. The van der Waals surface area contributed by atoms with E-state index < -0.39 is 10.0 Å². The van der Waals surface area contributed by atoms with Gasteiger partial charge in [0.15, 0.2) is 0 Å². The fourth-order valence-electron chi connectivity index (χ4n) is 3.03. The highest BCUT2D eigenvalue weighted by atomic mass is 32.2. The van der Waals surface area contributed by atoms with Crippen molar-refractivity contribution in [2.75, 3.05) is 0 Å². The molecule has 5 nitrogen and oxygen atoms in total. The van der Waals surface area contributed by atoms with Gasteiger partial charge in [-0.05, 0) is 31.4 Å². The summed E-state index contributed by atoms with van der Waals surface area (Å²) in [5, 5.41) is 4.67. The number of hydrogen-bond acceptors (Lipinski definition) is 5. The van der Waals surface area contributed by atoms with E-state index in [0.717, 1.165) is 28.0 Å². The van der Waals surface area contributed by atoms with Gasteiger partial charge in [-0.25, -0.2) is 0 Å². The highest BCUT2D eigenvalue weighted by Crippen LogP contribution is 2.34. The standard InChI is InChI=1S/C20H18N2O3S3/c1-3-4-11-22-16(19-14(2)25-17-9-6-5-8-15(17)19)13-27-20(22)21-28(23,24)18-10-7-12-26-18/h3-10,12-13H,11H2,1-2H3/b4-3-,21-20?. The molecule has 0 saturated heterocycles. The van der Waals surface area contributed by atoms with E-state index >= 15 is 0 Å². The Morgan fingerprint density at radius 2 is 2.00 bits per heavy atom. The minimum absolute atomic E-state index is 0.241. The third kappa shape index (κ3) is 3.39. The Balaban J connectivity index is 1.95. The second-order valence-electron chi connectivity index (χ2n) is 6.11. The molecule has 0 unspecified atom stereocenters. The number of para-hydroxylation sites is 1. The predicted octanol–water partition coefficient (Wildman–Crippen LogP) is 5.20. The summed E-state index contributed by atoms with van der Waals surface area (Å²) in [4.78, 5) is 0.436. The van der Waals surface area contributed by atoms with E-state index in [0.29, 0.717) is 11.3 Å². The zero-order valence-electron chi connectivity index (χ0n) is 15.3. The molecule has 0 aliphatic carbocycles. The topological polar surface area (TPSA) is 64.6 Å². The lowest BCUT2D eigenvalue weighted by Crippen LogP contribution is -2.17. The van der Waals surface area contributed by atoms with Crippen LogP contribution in [0.1, 0.15) is 12.7 Å². The normalized spacial score (nSPS) is 13.1. The molecule has 4 rings (SSSR count). The number of thiophene rings is 1. The summed E-state index contributed by atoms with van der Waals surface area (Å²) in [6.45, 7) is 4.38. The number of rotatable bonds is 5. The van der Waals surface area contributed by atoms with Gasteiger partial charge in [-0.3, -0.25) is 0 Å². The molecule has 1 aromatic carbocycles. The van der Waals surface area contributed by atoms with Crippen molar-refractivity contribution >= 4 is 43.7 Å². The van der Waals surface area contributed by atoms with Crippen LogP contribution in [0.3, 0.4) is 0 Å². The van der Waals surface area contributed by atoms with Gasteiger partial charge in [-0.1, -0.05) is 36.4 Å². The SMILES string of the molecule is C/C=C\Cn1c(-c2c(C)oc3ccccc23)csc1=NS(=O)(=O)c1cccs1. The summed E-state index contributed by atoms with van der Waals surface area (Å²) in [7, 11) is -3.74. The molecule has 4 aromatic rings. The van der Waals surface area contributed by atoms with Crippen LogP contribution in [0, 0.1) is 6.92 Å². The van der Waals surface area contributed by atoms with Gasteiger partial charge in [-0.2, -0.15) is 8.42 Å². The van der Waals surface area contributed by atoms with E-state index in [1.54, 1.807) is 17.5 Å². The van der Waals surface area contributed by atoms with Crippen LogP contribution in [0.15, 0.2) is 72.3 Å². The molecule has 8 heteroatoms. The van der Waals surface area contributed by atoms with E-state index in [1.165, 1.54) is 22.7 Å². The molecule has 0 spiro atoms. The smallest absolute Gasteiger partial charge is 0.294 e. The molecule has 0 amide bonds. The lowest BCUT2D eigenvalue weighted by Gasteiger charge is -2.06. The number of furan rings is 1. The van der Waals surface area contributed by atoms with Gasteiger partial charge < -0.3 is 8.98 Å². The fourth-order valence-corrected chi connectivity index (χ4v) is 6.12. The molecule has 0 fully saturated rings. The Morgan fingerprint density at radius 1 is 1.18 bits per heavy atom. The van der Waals surface area contributed by atoms with Crippen molar-refractivity contribution in [3.63, 3.8) is 0 Å². The molecule has 0 aliphatic heterocycles. The Kier molecular flexibility index (Phi) is 5.09. The first-order valence-corrected chi connectivity index (χ1v) is 11.8. The Hall–Kier alpha value is -2.42. The monoisotopic (exact) mass is 430 g/mol. The lowest BCUT2D eigenvalue weighted by atomic mass is 10.1. The van der Waals surface area contributed by atoms with Crippen LogP contribution in [-0.4, -0.2) is 13.0 Å². The zero-order chi connectivity index (χ0) is 19.7. The van der Waals surface area contributed by atoms with Crippen molar-refractivity contribution in [3.05, 3.63) is 69.9 Å². The van der Waals surface area contributed by atoms with Gasteiger partial charge in [0.05, 0.1) is 5.69 Å². The van der Waals surface area contributed by atoms with Crippen molar-refractivity contribution in [1.29, 1.82) is 0 Å². The Labute approximate surface area is 171 Å². The summed E-state index contributed by atoms with van der Waals surface area (Å²) in [6.07, 6.45) is 3.91. The Bertz CT molecular complexity index is 1320. The molecule has 0 saturated carbocycles. The van der Waals surface area contributed by atoms with Gasteiger partial charge in [-0.15, -0.1) is 27.1 Å². The number of aromatic nitrogens is 1. The number of thiazole rings is 1. The maximum Gasteiger partial charge on any atom is 0.294 e. The third-order valence-electron chi connectivity index (χ3n) is 4.30. The molecule has 0 atom stereocenters. The first-order chi connectivity index (χ1) is 13.5. The molecule has 3 heterocycles. The molecule has 0 radical (unpaired) electrons. The summed E-state index contributed by atoms with van der Waals surface area (Å²) >= 11 is 2.48. The molecular weight excluding hydrogens is 412 g/mol. The van der Waals surface area contributed by atoms with Crippen LogP contribution < -0.4 is 4.80 Å². The van der Waals surface area contributed by atoms with E-state index in [4.69, 9.17) is 4.42 Å². The average Bonchev–Trinajstić information content (AvgIpc) is 3.38. The van der Waals surface area contributed by atoms with Crippen LogP contribution in [-0.2, 0) is 16.6 Å². The average molecular weight is 431 g/mol. The van der Waals surface area contributed by atoms with Crippen LogP contribution in [0.25, 0.3) is 22.2 Å². The van der Waals surface area contributed by atoms with Crippen LogP contribution in [0.2, 0.25) is 0 Å². The number of fused-ring (bicyclic) bond motifs is 1. The number of nitrogens with zero attached hydrogens (tertiary/aromatic N) is 2. The molecule has 3 aromatic heterocycles. The van der Waals surface area contributed by atoms with E-state index in [2.05, 4.69) is 4.40 Å². The van der Waals surface area contributed by atoms with E-state index in [1.807, 2.05) is 60.2 Å². The molecule has 0 N–H and O–H groups in total. The van der Waals surface area contributed by atoms with E-state index in [9.17, 15) is 8.42 Å². The lowest BCUT2D eigenvalue weighted by molar-refractivity contribution is 0.579. The largest absolute Gasteiger partial charge is 0.461 e. The van der Waals surface area contributed by atoms with Crippen LogP contribution in [0.4, 0.5) is 0 Å². The summed E-state index contributed by atoms with van der Waals surface area (Å²) < 4.78 is 37.5. The van der Waals surface area contributed by atoms with Gasteiger partial charge >= 0.3 is 0 Å². The number of allylic oxidation sites excluding steroid dienone is 2. The van der Waals surface area contributed by atoms with Crippen molar-refractivity contribution in [1.82, 2.24) is 4.57 Å². The first kappa shape index (κ1) is 18.9. The highest BCUT2D eigenvalue weighted by Gasteiger charge is 2.19. The van der Waals surface area contributed by atoms with Crippen LogP contribution in [0.5, 0.6) is 0 Å². The highest BCUT2D eigenvalue weighted by molar-refractivity contribution is 7.92. The Morgan fingerprint density at radius 3 is 2.75 bits per heavy atom. The quantitative estimate of drug-likeness (QED) is 0.409. The van der Waals surface area contributed by atoms with Crippen molar-refractivity contribution in [2.24, 2.45) is 4.40 Å². The van der Waals surface area contributed by atoms with Gasteiger partial charge in [0.1, 0.15) is 15.6 Å². The molecule has 0 bridgehead atoms. The van der Waals surface area contributed by atoms with Gasteiger partial charge in [0.2, 0.25) is 4.80 Å². The summed E-state index contributed by atoms with van der Waals surface area (Å²) in [5.74, 6) is 0.792. The van der Waals surface area contributed by atoms with Crippen molar-refractivity contribution in [3.8, 4) is 11.3 Å². The second kappa shape index (κ2) is 7.54. The van der Waals surface area contributed by atoms with Gasteiger partial charge in [0.25, 0.3) is 10.0 Å².